The van der Waals surface area contributed by atoms with Crippen molar-refractivity contribution < 1.29 is 24.3 Å². The lowest BCUT2D eigenvalue weighted by molar-refractivity contribution is -0.135. The van der Waals surface area contributed by atoms with Gasteiger partial charge in [0.2, 0.25) is 11.8 Å². The predicted molar refractivity (Wildman–Crippen MR) is 114 cm³/mol. The average molecular weight is 452 g/mol. The molecule has 3 saturated heterocycles. The number of rotatable bonds is 2. The van der Waals surface area contributed by atoms with Crippen LogP contribution in [0.25, 0.3) is 0 Å². The van der Waals surface area contributed by atoms with Crippen LogP contribution in [0.3, 0.4) is 0 Å². The van der Waals surface area contributed by atoms with Gasteiger partial charge in [-0.05, 0) is 49.7 Å². The van der Waals surface area contributed by atoms with E-state index >= 15 is 0 Å². The predicted octanol–water partition coefficient (Wildman–Crippen LogP) is 2.47. The van der Waals surface area contributed by atoms with E-state index < -0.39 is 35.2 Å². The molecule has 2 aromatic rings. The largest absolute Gasteiger partial charge is 0.478 e. The Kier molecular flexibility index (Phi) is 3.89. The van der Waals surface area contributed by atoms with E-state index in [4.69, 9.17) is 11.6 Å². The summed E-state index contributed by atoms with van der Waals surface area (Å²) in [5, 5.41) is 12.9. The van der Waals surface area contributed by atoms with Gasteiger partial charge in [-0.15, -0.1) is 0 Å². The number of hydrogen-bond acceptors (Lipinski definition) is 5. The highest BCUT2D eigenvalue weighted by atomic mass is 35.5. The molecule has 8 nitrogen and oxygen atoms in total. The molecule has 0 aromatic heterocycles. The number of fused-ring (bicyclic) bond motifs is 7. The summed E-state index contributed by atoms with van der Waals surface area (Å²) < 4.78 is 0. The molecule has 2 aromatic carbocycles. The van der Waals surface area contributed by atoms with Gasteiger partial charge in [-0.1, -0.05) is 23.7 Å². The number of para-hydroxylation sites is 1. The smallest absolute Gasteiger partial charge is 0.337 e. The Morgan fingerprint density at radius 2 is 1.84 bits per heavy atom. The van der Waals surface area contributed by atoms with Crippen LogP contribution >= 0.6 is 11.6 Å². The highest BCUT2D eigenvalue weighted by Gasteiger charge is 2.74. The Balaban J connectivity index is 1.56. The molecule has 162 valence electrons. The van der Waals surface area contributed by atoms with Crippen molar-refractivity contribution in [1.29, 1.82) is 0 Å². The fourth-order valence-corrected chi connectivity index (χ4v) is 6.38. The van der Waals surface area contributed by atoms with E-state index in [0.29, 0.717) is 29.2 Å². The number of benzene rings is 2. The Bertz CT molecular complexity index is 1230. The summed E-state index contributed by atoms with van der Waals surface area (Å²) in [4.78, 5) is 55.9. The first-order valence-corrected chi connectivity index (χ1v) is 10.8. The molecule has 4 atom stereocenters. The molecular weight excluding hydrogens is 434 g/mol. The molecular formula is C23H18ClN3O5. The second-order valence-electron chi connectivity index (χ2n) is 8.65. The molecule has 3 fully saturated rings. The molecule has 4 heterocycles. The van der Waals surface area contributed by atoms with Gasteiger partial charge in [0.15, 0.2) is 0 Å². The van der Waals surface area contributed by atoms with E-state index in [1.807, 2.05) is 4.90 Å². The van der Waals surface area contributed by atoms with E-state index in [1.54, 1.807) is 36.4 Å². The van der Waals surface area contributed by atoms with Crippen LogP contribution in [0.2, 0.25) is 5.02 Å². The standard InChI is InChI=1S/C23H18ClN3O5/c24-11-6-8-12(9-7-11)27-19(28)16-15-5-2-10-26(15)23(17(16)20(27)29)14-4-1-3-13(21(30)31)18(14)25-22(23)32/h1,3-4,6-9,15-17H,2,5,10H2,(H,25,32)(H,30,31)/t15-,16+,17-,23+/m0/s1. The van der Waals surface area contributed by atoms with Gasteiger partial charge in [-0.2, -0.15) is 0 Å². The average Bonchev–Trinajstić information content (AvgIpc) is 3.47. The molecule has 32 heavy (non-hydrogen) atoms. The van der Waals surface area contributed by atoms with Gasteiger partial charge in [-0.25, -0.2) is 9.69 Å². The van der Waals surface area contributed by atoms with Crippen molar-refractivity contribution in [3.63, 3.8) is 0 Å². The van der Waals surface area contributed by atoms with Gasteiger partial charge in [0.25, 0.3) is 5.91 Å². The summed E-state index contributed by atoms with van der Waals surface area (Å²) in [6, 6.07) is 10.9. The number of nitrogens with zero attached hydrogens (tertiary/aromatic N) is 2. The fourth-order valence-electron chi connectivity index (χ4n) is 6.25. The molecule has 0 unspecified atom stereocenters. The lowest BCUT2D eigenvalue weighted by Gasteiger charge is -2.36. The third-order valence-corrected chi connectivity index (χ3v) is 7.59. The molecule has 4 aliphatic heterocycles. The lowest BCUT2D eigenvalue weighted by atomic mass is 9.75. The minimum atomic E-state index is -1.40. The van der Waals surface area contributed by atoms with E-state index in [-0.39, 0.29) is 23.2 Å². The number of carboxylic acids is 1. The van der Waals surface area contributed by atoms with Crippen molar-refractivity contribution in [2.75, 3.05) is 16.8 Å². The molecule has 6 rings (SSSR count). The summed E-state index contributed by atoms with van der Waals surface area (Å²) in [5.41, 5.74) is -0.349. The minimum absolute atomic E-state index is 0.0294. The van der Waals surface area contributed by atoms with E-state index in [9.17, 15) is 24.3 Å². The number of halogens is 1. The summed E-state index contributed by atoms with van der Waals surface area (Å²) in [6.45, 7) is 0.559. The molecule has 0 bridgehead atoms. The van der Waals surface area contributed by atoms with Gasteiger partial charge in [0.1, 0.15) is 5.54 Å². The van der Waals surface area contributed by atoms with Crippen LogP contribution in [0, 0.1) is 11.8 Å². The molecule has 9 heteroatoms. The zero-order valence-corrected chi connectivity index (χ0v) is 17.5. The van der Waals surface area contributed by atoms with Gasteiger partial charge in [-0.3, -0.25) is 19.3 Å². The number of hydrogen-bond donors (Lipinski definition) is 2. The maximum atomic E-state index is 13.8. The SMILES string of the molecule is O=C(O)c1cccc2c1NC(=O)[C@]21[C@@H]2C(=O)N(c3ccc(Cl)cc3)C(=O)[C@@H]2[C@@H]2CCCN21. The molecule has 0 radical (unpaired) electrons. The van der Waals surface area contributed by atoms with Crippen LogP contribution in [0.15, 0.2) is 42.5 Å². The highest BCUT2D eigenvalue weighted by molar-refractivity contribution is 6.31. The number of amides is 3. The number of anilines is 2. The van der Waals surface area contributed by atoms with Gasteiger partial charge >= 0.3 is 5.97 Å². The van der Waals surface area contributed by atoms with Crippen LogP contribution in [0.1, 0.15) is 28.8 Å². The lowest BCUT2D eigenvalue weighted by Crippen LogP contribution is -2.54. The first kappa shape index (κ1) is 19.5. The van der Waals surface area contributed by atoms with Crippen LogP contribution in [-0.2, 0) is 19.9 Å². The first-order chi connectivity index (χ1) is 15.4. The second-order valence-corrected chi connectivity index (χ2v) is 9.08. The highest BCUT2D eigenvalue weighted by Crippen LogP contribution is 2.61. The summed E-state index contributed by atoms with van der Waals surface area (Å²) in [7, 11) is 0. The minimum Gasteiger partial charge on any atom is -0.478 e. The van der Waals surface area contributed by atoms with Crippen LogP contribution in [0.5, 0.6) is 0 Å². The summed E-state index contributed by atoms with van der Waals surface area (Å²) in [6.07, 6.45) is 1.48. The van der Waals surface area contributed by atoms with Crippen LogP contribution in [0.4, 0.5) is 11.4 Å². The summed E-state index contributed by atoms with van der Waals surface area (Å²) in [5.74, 6) is -3.98. The molecule has 1 spiro atoms. The third-order valence-electron chi connectivity index (χ3n) is 7.34. The van der Waals surface area contributed by atoms with E-state index in [1.165, 1.54) is 6.07 Å². The van der Waals surface area contributed by atoms with Crippen LogP contribution < -0.4 is 10.2 Å². The maximum Gasteiger partial charge on any atom is 0.337 e. The van der Waals surface area contributed by atoms with Crippen molar-refractivity contribution in [3.05, 3.63) is 58.6 Å². The monoisotopic (exact) mass is 451 g/mol. The third kappa shape index (κ3) is 2.16. The second kappa shape index (κ2) is 6.40. The van der Waals surface area contributed by atoms with Gasteiger partial charge in [0.05, 0.1) is 28.8 Å². The number of carbonyl (C=O) groups is 4. The molecule has 0 saturated carbocycles. The van der Waals surface area contributed by atoms with Crippen LogP contribution in [-0.4, -0.2) is 46.3 Å². The van der Waals surface area contributed by atoms with E-state index in [0.717, 1.165) is 11.3 Å². The van der Waals surface area contributed by atoms with Gasteiger partial charge in [0, 0.05) is 16.6 Å². The van der Waals surface area contributed by atoms with Crippen molar-refractivity contribution in [2.24, 2.45) is 11.8 Å². The maximum absolute atomic E-state index is 13.8. The summed E-state index contributed by atoms with van der Waals surface area (Å²) >= 11 is 5.98. The molecule has 4 aliphatic rings. The zero-order chi connectivity index (χ0) is 22.4. The van der Waals surface area contributed by atoms with Crippen molar-refractivity contribution >= 4 is 46.7 Å². The van der Waals surface area contributed by atoms with Gasteiger partial charge < -0.3 is 10.4 Å². The zero-order valence-electron chi connectivity index (χ0n) is 16.7. The number of carbonyl (C=O) groups excluding carboxylic acids is 3. The molecule has 2 N–H and O–H groups in total. The number of aromatic carboxylic acids is 1. The number of imide groups is 1. The van der Waals surface area contributed by atoms with Crippen molar-refractivity contribution in [2.45, 2.75) is 24.4 Å². The quantitative estimate of drug-likeness (QED) is 0.679. The Morgan fingerprint density at radius 1 is 1.09 bits per heavy atom. The molecule has 0 aliphatic carbocycles. The normalized spacial score (nSPS) is 30.6. The number of nitrogens with one attached hydrogen (secondary N) is 1. The fraction of sp³-hybridized carbons (Fsp3) is 0.304. The van der Waals surface area contributed by atoms with E-state index in [2.05, 4.69) is 5.32 Å². The Morgan fingerprint density at radius 3 is 2.56 bits per heavy atom. The van der Waals surface area contributed by atoms with Crippen molar-refractivity contribution in [3.8, 4) is 0 Å². The Hall–Kier alpha value is -3.23. The topological polar surface area (TPSA) is 107 Å². The molecule has 3 amide bonds. The Labute approximate surface area is 187 Å². The van der Waals surface area contributed by atoms with Crippen molar-refractivity contribution in [1.82, 2.24) is 4.90 Å². The first-order valence-electron chi connectivity index (χ1n) is 10.5. The number of carboxylic acid groups (broad SMARTS) is 1.